The second-order valence-electron chi connectivity index (χ2n) is 8.19. The summed E-state index contributed by atoms with van der Waals surface area (Å²) in [6, 6.07) is 9.20. The van der Waals surface area contributed by atoms with Crippen LogP contribution in [0.4, 0.5) is 0 Å². The van der Waals surface area contributed by atoms with E-state index in [2.05, 4.69) is 4.98 Å². The molecule has 10 heteroatoms. The summed E-state index contributed by atoms with van der Waals surface area (Å²) in [5.41, 5.74) is 5.42. The Morgan fingerprint density at radius 1 is 1.11 bits per heavy atom. The second-order valence-corrected chi connectivity index (χ2v) is 9.72. The zero-order valence-electron chi connectivity index (χ0n) is 19.9. The number of esters is 1. The first kappa shape index (κ1) is 26.3. The Labute approximate surface area is 223 Å². The van der Waals surface area contributed by atoms with E-state index in [-0.39, 0.29) is 25.5 Å². The molecule has 36 heavy (non-hydrogen) atoms. The molecule has 2 aromatic carbocycles. The van der Waals surface area contributed by atoms with Gasteiger partial charge in [0.25, 0.3) is 0 Å². The molecule has 0 aliphatic rings. The summed E-state index contributed by atoms with van der Waals surface area (Å²) in [6.45, 7) is 4.56. The van der Waals surface area contributed by atoms with Crippen LogP contribution in [0.5, 0.6) is 11.5 Å². The number of aromatic nitrogens is 2. The lowest BCUT2D eigenvalue weighted by Gasteiger charge is -2.13. The minimum atomic E-state index is -0.588. The minimum Gasteiger partial charge on any atom is -0.494 e. The van der Waals surface area contributed by atoms with E-state index < -0.39 is 5.97 Å². The quantitative estimate of drug-likeness (QED) is 0.177. The molecule has 0 saturated carbocycles. The SMILES string of the molecule is Cc1cc(OCCCn2c(C(=O)OCCO)c(OCc3cscn3)c3cc(Cl)ccc32)cc(C)c1Cl. The maximum atomic E-state index is 13.1. The lowest BCUT2D eigenvalue weighted by molar-refractivity contribution is 0.0416. The van der Waals surface area contributed by atoms with Crippen LogP contribution in [-0.2, 0) is 17.9 Å². The van der Waals surface area contributed by atoms with Crippen molar-refractivity contribution in [2.75, 3.05) is 19.8 Å². The Kier molecular flexibility index (Phi) is 8.74. The minimum absolute atomic E-state index is 0.120. The fraction of sp³-hybridized carbons (Fsp3) is 0.308. The average molecular weight is 549 g/mol. The molecule has 190 valence electrons. The molecule has 1 N–H and O–H groups in total. The van der Waals surface area contributed by atoms with Crippen LogP contribution in [0.2, 0.25) is 10.0 Å². The molecule has 2 heterocycles. The molecule has 4 aromatic rings. The molecule has 0 fully saturated rings. The van der Waals surface area contributed by atoms with Gasteiger partial charge in [-0.3, -0.25) is 0 Å². The summed E-state index contributed by atoms with van der Waals surface area (Å²) in [4.78, 5) is 17.4. The zero-order chi connectivity index (χ0) is 25.7. The van der Waals surface area contributed by atoms with Gasteiger partial charge in [-0.15, -0.1) is 11.3 Å². The van der Waals surface area contributed by atoms with Crippen molar-refractivity contribution in [3.05, 3.63) is 73.8 Å². The first-order valence-corrected chi connectivity index (χ1v) is 13.1. The van der Waals surface area contributed by atoms with Crippen molar-refractivity contribution >= 4 is 51.4 Å². The number of hydrogen-bond acceptors (Lipinski definition) is 7. The molecule has 0 spiro atoms. The van der Waals surface area contributed by atoms with E-state index in [1.165, 1.54) is 11.3 Å². The highest BCUT2D eigenvalue weighted by Crippen LogP contribution is 2.36. The van der Waals surface area contributed by atoms with Crippen LogP contribution >= 0.6 is 34.5 Å². The van der Waals surface area contributed by atoms with Gasteiger partial charge in [0.05, 0.1) is 29.9 Å². The van der Waals surface area contributed by atoms with Crippen LogP contribution in [0.1, 0.15) is 33.7 Å². The van der Waals surface area contributed by atoms with E-state index >= 15 is 0 Å². The fourth-order valence-corrected chi connectivity index (χ4v) is 4.77. The summed E-state index contributed by atoms with van der Waals surface area (Å²) >= 11 is 14.0. The zero-order valence-corrected chi connectivity index (χ0v) is 22.3. The number of fused-ring (bicyclic) bond motifs is 1. The van der Waals surface area contributed by atoms with E-state index in [9.17, 15) is 9.90 Å². The highest BCUT2D eigenvalue weighted by Gasteiger charge is 2.26. The predicted octanol–water partition coefficient (Wildman–Crippen LogP) is 6.22. The number of ether oxygens (including phenoxy) is 3. The molecule has 0 amide bonds. The topological polar surface area (TPSA) is 82.8 Å². The smallest absolute Gasteiger partial charge is 0.358 e. The lowest BCUT2D eigenvalue weighted by Crippen LogP contribution is -2.16. The number of rotatable bonds is 11. The van der Waals surface area contributed by atoms with E-state index in [0.717, 1.165) is 33.1 Å². The third-order valence-electron chi connectivity index (χ3n) is 5.55. The standard InChI is InChI=1S/C26H26Cl2N2O5S/c1-16-10-20(11-17(2)23(16)28)33-8-3-6-30-22-5-4-18(27)12-21(22)25(24(30)26(32)34-9-7-31)35-13-19-14-36-15-29-19/h4-5,10-12,14-15,31H,3,6-9,13H2,1-2H3. The summed E-state index contributed by atoms with van der Waals surface area (Å²) in [7, 11) is 0. The van der Waals surface area contributed by atoms with Gasteiger partial charge in [-0.25, -0.2) is 9.78 Å². The molecular weight excluding hydrogens is 523 g/mol. The van der Waals surface area contributed by atoms with Gasteiger partial charge in [0.15, 0.2) is 11.4 Å². The van der Waals surface area contributed by atoms with E-state index in [0.29, 0.717) is 35.7 Å². The number of aliphatic hydroxyl groups is 1. The monoisotopic (exact) mass is 548 g/mol. The predicted molar refractivity (Wildman–Crippen MR) is 142 cm³/mol. The lowest BCUT2D eigenvalue weighted by atomic mass is 10.1. The molecular formula is C26H26Cl2N2O5S. The maximum absolute atomic E-state index is 13.1. The third kappa shape index (κ3) is 5.95. The largest absolute Gasteiger partial charge is 0.494 e. The summed E-state index contributed by atoms with van der Waals surface area (Å²) < 4.78 is 19.2. The number of benzene rings is 2. The van der Waals surface area contributed by atoms with Crippen LogP contribution in [0.3, 0.4) is 0 Å². The van der Waals surface area contributed by atoms with Crippen LogP contribution in [0.25, 0.3) is 10.9 Å². The summed E-state index contributed by atoms with van der Waals surface area (Å²) in [5.74, 6) is 0.524. The van der Waals surface area contributed by atoms with Gasteiger partial charge < -0.3 is 23.9 Å². The van der Waals surface area contributed by atoms with Crippen molar-refractivity contribution in [3.8, 4) is 11.5 Å². The molecule has 2 aromatic heterocycles. The molecule has 0 saturated heterocycles. The Balaban J connectivity index is 1.61. The van der Waals surface area contributed by atoms with Crippen molar-refractivity contribution in [2.45, 2.75) is 33.4 Å². The van der Waals surface area contributed by atoms with Crippen molar-refractivity contribution in [1.29, 1.82) is 0 Å². The average Bonchev–Trinajstić information content (AvgIpc) is 3.48. The summed E-state index contributed by atoms with van der Waals surface area (Å²) in [5, 5.41) is 13.0. The van der Waals surface area contributed by atoms with Gasteiger partial charge in [0, 0.05) is 27.4 Å². The number of aryl methyl sites for hydroxylation is 3. The van der Waals surface area contributed by atoms with Gasteiger partial charge in [-0.1, -0.05) is 23.2 Å². The third-order valence-corrected chi connectivity index (χ3v) is 7.02. The Morgan fingerprint density at radius 3 is 2.58 bits per heavy atom. The molecule has 0 unspecified atom stereocenters. The van der Waals surface area contributed by atoms with E-state index in [1.807, 2.05) is 42.0 Å². The highest BCUT2D eigenvalue weighted by molar-refractivity contribution is 7.07. The molecule has 4 rings (SSSR count). The molecule has 0 atom stereocenters. The Bertz CT molecular complexity index is 1330. The van der Waals surface area contributed by atoms with Gasteiger partial charge in [0.2, 0.25) is 0 Å². The normalized spacial score (nSPS) is 11.1. The Morgan fingerprint density at radius 2 is 1.89 bits per heavy atom. The number of carbonyl (C=O) groups is 1. The first-order chi connectivity index (χ1) is 17.4. The van der Waals surface area contributed by atoms with Gasteiger partial charge in [-0.05, 0) is 61.7 Å². The van der Waals surface area contributed by atoms with E-state index in [1.54, 1.807) is 17.6 Å². The molecule has 7 nitrogen and oxygen atoms in total. The Hall–Kier alpha value is -2.78. The van der Waals surface area contributed by atoms with Crippen molar-refractivity contribution in [1.82, 2.24) is 9.55 Å². The van der Waals surface area contributed by atoms with Crippen LogP contribution in [0.15, 0.2) is 41.2 Å². The van der Waals surface area contributed by atoms with Gasteiger partial charge >= 0.3 is 5.97 Å². The van der Waals surface area contributed by atoms with Crippen molar-refractivity contribution in [2.24, 2.45) is 0 Å². The number of halogens is 2. The van der Waals surface area contributed by atoms with Crippen LogP contribution < -0.4 is 9.47 Å². The number of carbonyl (C=O) groups excluding carboxylic acids is 1. The van der Waals surface area contributed by atoms with Crippen molar-refractivity contribution in [3.63, 3.8) is 0 Å². The van der Waals surface area contributed by atoms with E-state index in [4.69, 9.17) is 37.4 Å². The fourth-order valence-electron chi connectivity index (χ4n) is 3.94. The maximum Gasteiger partial charge on any atom is 0.358 e. The molecule has 0 aliphatic heterocycles. The number of aliphatic hydroxyl groups excluding tert-OH is 1. The number of hydrogen-bond donors (Lipinski definition) is 1. The molecule has 0 aliphatic carbocycles. The van der Waals surface area contributed by atoms with Crippen LogP contribution in [0, 0.1) is 13.8 Å². The van der Waals surface area contributed by atoms with Crippen LogP contribution in [-0.4, -0.2) is 40.4 Å². The second kappa shape index (κ2) is 12.0. The number of nitrogens with zero attached hydrogens (tertiary/aromatic N) is 2. The van der Waals surface area contributed by atoms with Gasteiger partial charge in [0.1, 0.15) is 19.0 Å². The van der Waals surface area contributed by atoms with Gasteiger partial charge in [-0.2, -0.15) is 0 Å². The number of thiazole rings is 1. The summed E-state index contributed by atoms with van der Waals surface area (Å²) in [6.07, 6.45) is 0.610. The molecule has 0 bridgehead atoms. The molecule has 0 radical (unpaired) electrons. The van der Waals surface area contributed by atoms with Crippen molar-refractivity contribution < 1.29 is 24.1 Å². The highest BCUT2D eigenvalue weighted by atomic mass is 35.5. The first-order valence-electron chi connectivity index (χ1n) is 11.4.